The third-order valence-electron chi connectivity index (χ3n) is 2.28. The van der Waals surface area contributed by atoms with Crippen molar-refractivity contribution in [3.05, 3.63) is 0 Å². The molecular weight excluding hydrogens is 288 g/mol. The zero-order valence-corrected chi connectivity index (χ0v) is 14.5. The van der Waals surface area contributed by atoms with E-state index in [1.54, 1.807) is 41.5 Å². The predicted octanol–water partition coefficient (Wildman–Crippen LogP) is 1.75. The Kier molecular flexibility index (Phi) is 7.35. The van der Waals surface area contributed by atoms with Gasteiger partial charge in [-0.2, -0.15) is 0 Å². The van der Waals surface area contributed by atoms with Crippen LogP contribution in [-0.2, 0) is 19.1 Å². The number of nitrogens with one attached hydrogen (secondary N) is 2. The first-order valence-electron chi connectivity index (χ1n) is 7.27. The van der Waals surface area contributed by atoms with Crippen molar-refractivity contribution in [3.8, 4) is 0 Å². The summed E-state index contributed by atoms with van der Waals surface area (Å²) in [6, 6.07) is -1.42. The zero-order chi connectivity index (χ0) is 17.6. The predicted molar refractivity (Wildman–Crippen MR) is 82.3 cm³/mol. The summed E-state index contributed by atoms with van der Waals surface area (Å²) in [7, 11) is 1.44. The van der Waals surface area contributed by atoms with Crippen LogP contribution < -0.4 is 10.6 Å². The number of ether oxygens (including phenoxy) is 2. The molecule has 0 aliphatic rings. The lowest BCUT2D eigenvalue weighted by Gasteiger charge is -2.25. The van der Waals surface area contributed by atoms with Gasteiger partial charge in [-0.1, -0.05) is 0 Å². The average molecular weight is 316 g/mol. The minimum absolute atomic E-state index is 0.00513. The molecule has 0 aliphatic carbocycles. The van der Waals surface area contributed by atoms with Crippen LogP contribution in [0.3, 0.4) is 0 Å². The van der Waals surface area contributed by atoms with E-state index >= 15 is 0 Å². The molecule has 0 aliphatic heterocycles. The second kappa shape index (κ2) is 8.00. The van der Waals surface area contributed by atoms with E-state index in [-0.39, 0.29) is 12.8 Å². The highest BCUT2D eigenvalue weighted by molar-refractivity contribution is 5.84. The first-order valence-corrected chi connectivity index (χ1v) is 7.27. The fourth-order valence-corrected chi connectivity index (χ4v) is 1.51. The van der Waals surface area contributed by atoms with Gasteiger partial charge in [0.25, 0.3) is 0 Å². The molecule has 0 bridgehead atoms. The lowest BCUT2D eigenvalue weighted by atomic mass is 10.1. The first-order chi connectivity index (χ1) is 9.84. The van der Waals surface area contributed by atoms with E-state index in [0.717, 1.165) is 0 Å². The highest BCUT2D eigenvalue weighted by atomic mass is 16.6. The molecule has 1 atom stereocenters. The maximum atomic E-state index is 12.1. The van der Waals surface area contributed by atoms with Gasteiger partial charge in [0.15, 0.2) is 0 Å². The molecule has 1 unspecified atom stereocenters. The molecule has 0 heterocycles. The quantitative estimate of drug-likeness (QED) is 0.754. The monoisotopic (exact) mass is 316 g/mol. The van der Waals surface area contributed by atoms with Gasteiger partial charge in [0.1, 0.15) is 17.2 Å². The zero-order valence-electron chi connectivity index (χ0n) is 14.5. The van der Waals surface area contributed by atoms with E-state index in [1.807, 2.05) is 0 Å². The van der Waals surface area contributed by atoms with E-state index < -0.39 is 35.2 Å². The van der Waals surface area contributed by atoms with Crippen molar-refractivity contribution in [1.29, 1.82) is 0 Å². The molecule has 7 heteroatoms. The van der Waals surface area contributed by atoms with Crippen molar-refractivity contribution in [2.24, 2.45) is 0 Å². The normalized spacial score (nSPS) is 13.0. The first kappa shape index (κ1) is 20.2. The number of esters is 2. The molecule has 0 saturated heterocycles. The highest BCUT2D eigenvalue weighted by Crippen LogP contribution is 2.13. The Balaban J connectivity index is 4.70. The number of carbonyl (C=O) groups is 3. The van der Waals surface area contributed by atoms with E-state index in [4.69, 9.17) is 9.47 Å². The summed E-state index contributed by atoms with van der Waals surface area (Å²) >= 11 is 0. The van der Waals surface area contributed by atoms with E-state index in [0.29, 0.717) is 0 Å². The van der Waals surface area contributed by atoms with Crippen molar-refractivity contribution in [3.63, 3.8) is 0 Å². The molecule has 0 radical (unpaired) electrons. The van der Waals surface area contributed by atoms with Gasteiger partial charge in [-0.05, 0) is 48.0 Å². The van der Waals surface area contributed by atoms with Crippen molar-refractivity contribution in [1.82, 2.24) is 10.6 Å². The third kappa shape index (κ3) is 10.0. The largest absolute Gasteiger partial charge is 0.460 e. The van der Waals surface area contributed by atoms with Crippen LogP contribution in [0.25, 0.3) is 0 Å². The van der Waals surface area contributed by atoms with Gasteiger partial charge in [0.2, 0.25) is 0 Å². The van der Waals surface area contributed by atoms with Crippen molar-refractivity contribution in [2.75, 3.05) is 7.05 Å². The Morgan fingerprint density at radius 3 is 1.86 bits per heavy atom. The number of carbonyl (C=O) groups excluding carboxylic acids is 3. The molecule has 0 rings (SSSR count). The molecule has 0 aromatic rings. The minimum Gasteiger partial charge on any atom is -0.460 e. The maximum Gasteiger partial charge on any atom is 0.329 e. The number of urea groups is 1. The molecule has 22 heavy (non-hydrogen) atoms. The van der Waals surface area contributed by atoms with Crippen LogP contribution in [0.4, 0.5) is 4.79 Å². The summed E-state index contributed by atoms with van der Waals surface area (Å²) < 4.78 is 10.4. The molecule has 7 nitrogen and oxygen atoms in total. The number of amides is 2. The van der Waals surface area contributed by atoms with E-state index in [1.165, 1.54) is 7.05 Å². The molecular formula is C15H28N2O5. The van der Waals surface area contributed by atoms with Gasteiger partial charge in [-0.15, -0.1) is 0 Å². The summed E-state index contributed by atoms with van der Waals surface area (Å²) in [5, 5.41) is 4.84. The van der Waals surface area contributed by atoms with Gasteiger partial charge in [-0.3, -0.25) is 4.79 Å². The van der Waals surface area contributed by atoms with Gasteiger partial charge in [0, 0.05) is 13.5 Å². The number of hydrogen-bond acceptors (Lipinski definition) is 5. The third-order valence-corrected chi connectivity index (χ3v) is 2.28. The van der Waals surface area contributed by atoms with Gasteiger partial charge in [0.05, 0.1) is 0 Å². The van der Waals surface area contributed by atoms with Crippen LogP contribution in [0.5, 0.6) is 0 Å². The average Bonchev–Trinajstić information content (AvgIpc) is 2.29. The Hall–Kier alpha value is -1.79. The van der Waals surface area contributed by atoms with Crippen molar-refractivity contribution >= 4 is 18.0 Å². The molecule has 0 aromatic carbocycles. The Morgan fingerprint density at radius 1 is 0.955 bits per heavy atom. The summed E-state index contributed by atoms with van der Waals surface area (Å²) in [4.78, 5) is 35.2. The van der Waals surface area contributed by atoms with Gasteiger partial charge < -0.3 is 20.1 Å². The van der Waals surface area contributed by atoms with Crippen LogP contribution in [0.15, 0.2) is 0 Å². The van der Waals surface area contributed by atoms with Crippen LogP contribution in [0.2, 0.25) is 0 Å². The summed E-state index contributed by atoms with van der Waals surface area (Å²) in [6.07, 6.45) is 0.114. The van der Waals surface area contributed by atoms with Crippen LogP contribution in [-0.4, -0.2) is 42.3 Å². The van der Waals surface area contributed by atoms with Crippen LogP contribution >= 0.6 is 0 Å². The lowest BCUT2D eigenvalue weighted by molar-refractivity contribution is -0.158. The van der Waals surface area contributed by atoms with E-state index in [2.05, 4.69) is 10.6 Å². The van der Waals surface area contributed by atoms with Crippen LogP contribution in [0.1, 0.15) is 54.4 Å². The molecule has 128 valence electrons. The molecule has 0 fully saturated rings. The minimum atomic E-state index is -0.910. The van der Waals surface area contributed by atoms with Crippen LogP contribution in [0, 0.1) is 0 Å². The Labute approximate surface area is 132 Å². The smallest absolute Gasteiger partial charge is 0.329 e. The molecule has 2 amide bonds. The summed E-state index contributed by atoms with van der Waals surface area (Å²) in [5.41, 5.74) is -1.27. The fraction of sp³-hybridized carbons (Fsp3) is 0.800. The second-order valence-corrected chi connectivity index (χ2v) is 6.93. The Bertz CT molecular complexity index is 407. The summed E-state index contributed by atoms with van der Waals surface area (Å²) in [6.45, 7) is 10.5. The molecule has 2 N–H and O–H groups in total. The Morgan fingerprint density at radius 2 is 1.45 bits per heavy atom. The maximum absolute atomic E-state index is 12.1. The fourth-order valence-electron chi connectivity index (χ4n) is 1.51. The summed E-state index contributed by atoms with van der Waals surface area (Å²) in [5.74, 6) is -1.01. The number of rotatable bonds is 5. The van der Waals surface area contributed by atoms with Gasteiger partial charge >= 0.3 is 18.0 Å². The topological polar surface area (TPSA) is 93.7 Å². The SMILES string of the molecule is CNC(=O)NC(CCC(=O)OC(C)(C)C)C(=O)OC(C)(C)C. The molecule has 0 spiro atoms. The molecule has 0 aromatic heterocycles. The number of hydrogen-bond donors (Lipinski definition) is 2. The lowest BCUT2D eigenvalue weighted by Crippen LogP contribution is -2.47. The highest BCUT2D eigenvalue weighted by Gasteiger charge is 2.28. The standard InChI is InChI=1S/C15H28N2O5/c1-14(2,3)21-11(18)9-8-10(17-13(20)16-7)12(19)22-15(4,5)6/h10H,8-9H2,1-7H3,(H2,16,17,20). The van der Waals surface area contributed by atoms with Gasteiger partial charge in [-0.25, -0.2) is 9.59 Å². The second-order valence-electron chi connectivity index (χ2n) is 6.93. The molecule has 0 saturated carbocycles. The van der Waals surface area contributed by atoms with Crippen molar-refractivity contribution in [2.45, 2.75) is 71.6 Å². The van der Waals surface area contributed by atoms with Crippen molar-refractivity contribution < 1.29 is 23.9 Å². The van der Waals surface area contributed by atoms with E-state index in [9.17, 15) is 14.4 Å².